The first-order valence-electron chi connectivity index (χ1n) is 11.4. The fraction of sp³-hybridized carbons (Fsp3) is 0.241. The maximum absolute atomic E-state index is 12.5. The van der Waals surface area contributed by atoms with Crippen LogP contribution in [0.5, 0.6) is 0 Å². The van der Waals surface area contributed by atoms with Gasteiger partial charge >= 0.3 is 12.1 Å². The van der Waals surface area contributed by atoms with Crippen LogP contribution in [0.2, 0.25) is 0 Å². The highest BCUT2D eigenvalue weighted by molar-refractivity contribution is 8.00. The lowest BCUT2D eigenvalue weighted by molar-refractivity contribution is -0.131. The molecule has 0 aliphatic carbocycles. The van der Waals surface area contributed by atoms with Crippen LogP contribution in [0.15, 0.2) is 103 Å². The first-order valence-corrected chi connectivity index (χ1v) is 12.4. The Balaban J connectivity index is 2.04. The Kier molecular flexibility index (Phi) is 8.77. The second kappa shape index (κ2) is 11.8. The van der Waals surface area contributed by atoms with E-state index in [-0.39, 0.29) is 0 Å². The maximum Gasteiger partial charge on any atom is 0.408 e. The molecule has 0 unspecified atom stereocenters. The highest BCUT2D eigenvalue weighted by Crippen LogP contribution is 2.48. The summed E-state index contributed by atoms with van der Waals surface area (Å²) in [6, 6.07) is 30.0. The number of benzene rings is 3. The molecule has 182 valence electrons. The van der Waals surface area contributed by atoms with E-state index in [0.29, 0.717) is 5.75 Å². The van der Waals surface area contributed by atoms with Gasteiger partial charge in [0.1, 0.15) is 5.60 Å². The molecular weight excluding hydrogens is 458 g/mol. The van der Waals surface area contributed by atoms with Crippen LogP contribution in [0, 0.1) is 0 Å². The van der Waals surface area contributed by atoms with Crippen LogP contribution in [0.1, 0.15) is 37.5 Å². The molecule has 3 rings (SSSR count). The zero-order valence-electron chi connectivity index (χ0n) is 20.2. The Morgan fingerprint density at radius 2 is 1.29 bits per heavy atom. The summed E-state index contributed by atoms with van der Waals surface area (Å²) in [5.41, 5.74) is 2.59. The number of nitrogens with one attached hydrogen (secondary N) is 1. The molecule has 0 bridgehead atoms. The highest BCUT2D eigenvalue weighted by atomic mass is 32.2. The van der Waals surface area contributed by atoms with Crippen molar-refractivity contribution in [1.29, 1.82) is 0 Å². The first kappa shape index (κ1) is 26.1. The smallest absolute Gasteiger partial charge is 0.408 e. The van der Waals surface area contributed by atoms with Crippen molar-refractivity contribution in [3.63, 3.8) is 0 Å². The number of ether oxygens (including phenoxy) is 1. The second-order valence-corrected chi connectivity index (χ2v) is 10.3. The second-order valence-electron chi connectivity index (χ2n) is 9.04. The number of carbonyl (C=O) groups is 2. The van der Waals surface area contributed by atoms with Gasteiger partial charge in [-0.3, -0.25) is 0 Å². The Morgan fingerprint density at radius 3 is 1.66 bits per heavy atom. The minimum Gasteiger partial charge on any atom is -0.478 e. The van der Waals surface area contributed by atoms with Gasteiger partial charge in [-0.15, -0.1) is 11.8 Å². The van der Waals surface area contributed by atoms with Gasteiger partial charge in [-0.1, -0.05) is 97.1 Å². The SMILES string of the molecule is CC(C)(C)OC(=O)N[C@H](/C=C/C(=O)O)CSC(c1ccccc1)(c1ccccc1)c1ccccc1. The lowest BCUT2D eigenvalue weighted by atomic mass is 9.84. The summed E-state index contributed by atoms with van der Waals surface area (Å²) in [6.07, 6.45) is 1.95. The van der Waals surface area contributed by atoms with Crippen molar-refractivity contribution >= 4 is 23.8 Å². The number of carboxylic acid groups (broad SMARTS) is 1. The van der Waals surface area contributed by atoms with Crippen LogP contribution < -0.4 is 5.32 Å². The van der Waals surface area contributed by atoms with Crippen molar-refractivity contribution in [1.82, 2.24) is 5.32 Å². The summed E-state index contributed by atoms with van der Waals surface area (Å²) in [4.78, 5) is 23.8. The van der Waals surface area contributed by atoms with E-state index < -0.39 is 28.5 Å². The van der Waals surface area contributed by atoms with Gasteiger partial charge in [0.25, 0.3) is 0 Å². The molecule has 0 heterocycles. The summed E-state index contributed by atoms with van der Waals surface area (Å²) in [5.74, 6) is -0.673. The Morgan fingerprint density at radius 1 is 0.857 bits per heavy atom. The van der Waals surface area contributed by atoms with Crippen molar-refractivity contribution in [3.8, 4) is 0 Å². The third-order valence-electron chi connectivity index (χ3n) is 5.19. The summed E-state index contributed by atoms with van der Waals surface area (Å²) in [7, 11) is 0. The quantitative estimate of drug-likeness (QED) is 0.275. The number of rotatable bonds is 9. The number of amides is 1. The molecule has 6 heteroatoms. The summed E-state index contributed by atoms with van der Waals surface area (Å²) in [5, 5.41) is 12.0. The Bertz CT molecular complexity index is 1030. The first-order chi connectivity index (χ1) is 16.7. The maximum atomic E-state index is 12.5. The van der Waals surface area contributed by atoms with Crippen molar-refractivity contribution in [2.45, 2.75) is 37.2 Å². The largest absolute Gasteiger partial charge is 0.478 e. The molecule has 35 heavy (non-hydrogen) atoms. The third kappa shape index (κ3) is 7.23. The Hall–Kier alpha value is -3.51. The van der Waals surface area contributed by atoms with Gasteiger partial charge in [0.2, 0.25) is 0 Å². The van der Waals surface area contributed by atoms with Gasteiger partial charge in [-0.2, -0.15) is 0 Å². The van der Waals surface area contributed by atoms with Gasteiger partial charge in [0.05, 0.1) is 10.8 Å². The van der Waals surface area contributed by atoms with Crippen molar-refractivity contribution in [2.24, 2.45) is 0 Å². The standard InChI is InChI=1S/C29H31NO4S/c1-28(2,3)34-27(33)30-25(19-20-26(31)32)21-35-29(22-13-7-4-8-14-22,23-15-9-5-10-16-23)24-17-11-6-12-18-24/h4-20,25H,21H2,1-3H3,(H,30,33)(H,31,32)/b20-19+/t25-/m1/s1. The van der Waals surface area contributed by atoms with Gasteiger partial charge < -0.3 is 15.2 Å². The predicted octanol–water partition coefficient (Wildman–Crippen LogP) is 6.25. The molecule has 3 aromatic rings. The van der Waals surface area contributed by atoms with Gasteiger partial charge in [-0.25, -0.2) is 9.59 Å². The topological polar surface area (TPSA) is 75.6 Å². The summed E-state index contributed by atoms with van der Waals surface area (Å²) in [6.45, 7) is 5.36. The monoisotopic (exact) mass is 489 g/mol. The average Bonchev–Trinajstić information content (AvgIpc) is 2.83. The van der Waals surface area contributed by atoms with Crippen LogP contribution in [-0.4, -0.2) is 34.6 Å². The van der Waals surface area contributed by atoms with Crippen LogP contribution in [0.25, 0.3) is 0 Å². The Labute approximate surface area is 211 Å². The van der Waals surface area contributed by atoms with Crippen molar-refractivity contribution in [3.05, 3.63) is 120 Å². The van der Waals surface area contributed by atoms with E-state index in [1.165, 1.54) is 6.08 Å². The third-order valence-corrected chi connectivity index (χ3v) is 6.86. The highest BCUT2D eigenvalue weighted by Gasteiger charge is 2.37. The molecule has 0 aromatic heterocycles. The van der Waals surface area contributed by atoms with E-state index in [0.717, 1.165) is 22.8 Å². The fourth-order valence-electron chi connectivity index (χ4n) is 3.79. The van der Waals surface area contributed by atoms with Crippen LogP contribution in [-0.2, 0) is 14.3 Å². The molecule has 1 atom stereocenters. The molecular formula is C29H31NO4S. The number of hydrogen-bond acceptors (Lipinski definition) is 4. The molecule has 1 amide bonds. The molecule has 0 fully saturated rings. The summed E-state index contributed by atoms with van der Waals surface area (Å²) < 4.78 is 4.83. The van der Waals surface area contributed by atoms with E-state index in [1.807, 2.05) is 54.6 Å². The van der Waals surface area contributed by atoms with E-state index in [9.17, 15) is 14.7 Å². The molecule has 0 aliphatic rings. The lowest BCUT2D eigenvalue weighted by Gasteiger charge is -2.36. The lowest BCUT2D eigenvalue weighted by Crippen LogP contribution is -2.40. The minimum absolute atomic E-state index is 0.404. The predicted molar refractivity (Wildman–Crippen MR) is 142 cm³/mol. The molecule has 5 nitrogen and oxygen atoms in total. The number of aliphatic carboxylic acids is 1. The van der Waals surface area contributed by atoms with E-state index in [1.54, 1.807) is 32.5 Å². The van der Waals surface area contributed by atoms with Crippen LogP contribution in [0.4, 0.5) is 4.79 Å². The van der Waals surface area contributed by atoms with Gasteiger partial charge in [0.15, 0.2) is 0 Å². The molecule has 0 aliphatic heterocycles. The summed E-state index contributed by atoms with van der Waals surface area (Å²) >= 11 is 1.63. The van der Waals surface area contributed by atoms with E-state index in [4.69, 9.17) is 4.74 Å². The zero-order valence-corrected chi connectivity index (χ0v) is 21.0. The number of carboxylic acids is 1. The zero-order chi connectivity index (χ0) is 25.3. The van der Waals surface area contributed by atoms with Crippen LogP contribution in [0.3, 0.4) is 0 Å². The number of hydrogen-bond donors (Lipinski definition) is 2. The van der Waals surface area contributed by atoms with E-state index >= 15 is 0 Å². The number of carbonyl (C=O) groups excluding carboxylic acids is 1. The molecule has 0 spiro atoms. The van der Waals surface area contributed by atoms with Crippen molar-refractivity contribution in [2.75, 3.05) is 5.75 Å². The number of thioether (sulfide) groups is 1. The molecule has 2 N–H and O–H groups in total. The molecule has 0 radical (unpaired) electrons. The minimum atomic E-state index is -1.08. The van der Waals surface area contributed by atoms with Crippen LogP contribution >= 0.6 is 11.8 Å². The number of alkyl carbamates (subject to hydrolysis) is 1. The van der Waals surface area contributed by atoms with E-state index in [2.05, 4.69) is 41.7 Å². The normalized spacial score (nSPS) is 12.8. The van der Waals surface area contributed by atoms with Gasteiger partial charge in [-0.05, 0) is 37.5 Å². The van der Waals surface area contributed by atoms with Crippen molar-refractivity contribution < 1.29 is 19.4 Å². The molecule has 0 saturated heterocycles. The molecule has 0 saturated carbocycles. The average molecular weight is 490 g/mol. The fourth-order valence-corrected chi connectivity index (χ4v) is 5.32. The molecule has 3 aromatic carbocycles. The van der Waals surface area contributed by atoms with Gasteiger partial charge in [0, 0.05) is 11.8 Å².